The minimum Gasteiger partial charge on any atom is -0.300 e. The summed E-state index contributed by atoms with van der Waals surface area (Å²) in [6.07, 6.45) is 0.724. The zero-order valence-corrected chi connectivity index (χ0v) is 15.9. The van der Waals surface area contributed by atoms with Gasteiger partial charge in [-0.05, 0) is 24.6 Å². The van der Waals surface area contributed by atoms with Gasteiger partial charge in [0.2, 0.25) is 11.0 Å². The molecule has 0 spiro atoms. The van der Waals surface area contributed by atoms with Gasteiger partial charge in [0.1, 0.15) is 0 Å². The van der Waals surface area contributed by atoms with Crippen molar-refractivity contribution in [3.05, 3.63) is 59.6 Å². The molecule has 1 atom stereocenters. The molecule has 0 saturated carbocycles. The molecule has 0 aliphatic rings. The summed E-state index contributed by atoms with van der Waals surface area (Å²) in [5.41, 5.74) is 0.813. The topological polar surface area (TPSA) is 54.9 Å². The molecule has 4 nitrogen and oxygen atoms in total. The summed E-state index contributed by atoms with van der Waals surface area (Å²) >= 11 is 9.04. The Bertz CT molecular complexity index is 854. The molecule has 0 aliphatic carbocycles. The lowest BCUT2D eigenvalue weighted by atomic mass is 10.2. The van der Waals surface area contributed by atoms with Crippen LogP contribution in [0.5, 0.6) is 0 Å². The first-order chi connectivity index (χ1) is 12.2. The van der Waals surface area contributed by atoms with Crippen LogP contribution in [0.15, 0.2) is 59.5 Å². The number of thioether (sulfide) groups is 1. The molecule has 1 aromatic heterocycles. The second kappa shape index (κ2) is 8.47. The number of carbonyl (C=O) groups is 1. The Morgan fingerprint density at radius 3 is 2.60 bits per heavy atom. The highest BCUT2D eigenvalue weighted by Gasteiger charge is 2.20. The van der Waals surface area contributed by atoms with Crippen molar-refractivity contribution in [1.29, 1.82) is 0 Å². The summed E-state index contributed by atoms with van der Waals surface area (Å²) in [6, 6.07) is 17.3. The van der Waals surface area contributed by atoms with E-state index in [2.05, 4.69) is 15.5 Å². The maximum Gasteiger partial charge on any atom is 0.239 e. The van der Waals surface area contributed by atoms with E-state index in [0.29, 0.717) is 15.2 Å². The van der Waals surface area contributed by atoms with Gasteiger partial charge in [-0.25, -0.2) is 0 Å². The summed E-state index contributed by atoms with van der Waals surface area (Å²) in [6.45, 7) is 2.00. The number of hydrogen-bond acceptors (Lipinski definition) is 5. The summed E-state index contributed by atoms with van der Waals surface area (Å²) in [5.74, 6) is -0.0711. The van der Waals surface area contributed by atoms with Gasteiger partial charge in [-0.3, -0.25) is 10.1 Å². The maximum absolute atomic E-state index is 12.5. The Morgan fingerprint density at radius 1 is 1.16 bits per heavy atom. The monoisotopic (exact) mass is 389 g/mol. The van der Waals surface area contributed by atoms with Crippen LogP contribution in [-0.2, 0) is 4.79 Å². The van der Waals surface area contributed by atoms with Crippen molar-refractivity contribution in [1.82, 2.24) is 10.2 Å². The number of aromatic nitrogens is 2. The smallest absolute Gasteiger partial charge is 0.239 e. The lowest BCUT2D eigenvalue weighted by Gasteiger charge is -2.13. The first kappa shape index (κ1) is 17.9. The number of benzene rings is 2. The number of rotatable bonds is 6. The molecule has 3 aromatic rings. The molecule has 1 N–H and O–H groups in total. The molecular weight excluding hydrogens is 374 g/mol. The summed E-state index contributed by atoms with van der Waals surface area (Å²) in [4.78, 5) is 13.6. The van der Waals surface area contributed by atoms with E-state index in [1.54, 1.807) is 17.8 Å². The minimum absolute atomic E-state index is 0.0711. The molecule has 128 valence electrons. The molecule has 1 heterocycles. The number of amides is 1. The Hall–Kier alpha value is -1.89. The van der Waals surface area contributed by atoms with Gasteiger partial charge in [0, 0.05) is 10.5 Å². The predicted molar refractivity (Wildman–Crippen MR) is 105 cm³/mol. The van der Waals surface area contributed by atoms with Crippen LogP contribution in [0.4, 0.5) is 5.13 Å². The van der Waals surface area contributed by atoms with E-state index < -0.39 is 0 Å². The van der Waals surface area contributed by atoms with Crippen LogP contribution in [0.1, 0.15) is 13.3 Å². The normalized spacial score (nSPS) is 11.9. The van der Waals surface area contributed by atoms with Crippen LogP contribution in [0.3, 0.4) is 0 Å². The lowest BCUT2D eigenvalue weighted by Crippen LogP contribution is -2.24. The number of carbonyl (C=O) groups excluding carboxylic acids is 1. The van der Waals surface area contributed by atoms with Gasteiger partial charge < -0.3 is 0 Å². The number of anilines is 1. The van der Waals surface area contributed by atoms with Crippen LogP contribution in [-0.4, -0.2) is 21.4 Å². The van der Waals surface area contributed by atoms with Gasteiger partial charge in [0.05, 0.1) is 10.3 Å². The fourth-order valence-electron chi connectivity index (χ4n) is 2.19. The fourth-order valence-corrected chi connectivity index (χ4v) is 4.23. The first-order valence-corrected chi connectivity index (χ1v) is 9.85. The van der Waals surface area contributed by atoms with E-state index >= 15 is 0 Å². The highest BCUT2D eigenvalue weighted by molar-refractivity contribution is 8.00. The SMILES string of the molecule is CCC(Sc1ccccc1)C(=O)Nc1nnc(-c2ccccc2Cl)s1. The van der Waals surface area contributed by atoms with E-state index in [4.69, 9.17) is 11.6 Å². The summed E-state index contributed by atoms with van der Waals surface area (Å²) in [5, 5.41) is 12.7. The van der Waals surface area contributed by atoms with Crippen LogP contribution >= 0.6 is 34.7 Å². The zero-order valence-electron chi connectivity index (χ0n) is 13.5. The summed E-state index contributed by atoms with van der Waals surface area (Å²) < 4.78 is 0. The van der Waals surface area contributed by atoms with Crippen molar-refractivity contribution in [2.45, 2.75) is 23.5 Å². The van der Waals surface area contributed by atoms with Crippen molar-refractivity contribution >= 4 is 45.7 Å². The standard InChI is InChI=1S/C18H16ClN3OS2/c1-2-15(24-12-8-4-3-5-9-12)16(23)20-18-22-21-17(25-18)13-10-6-7-11-14(13)19/h3-11,15H,2H2,1H3,(H,20,22,23). The third kappa shape index (κ3) is 4.60. The third-order valence-corrected chi connectivity index (χ3v) is 6.02. The zero-order chi connectivity index (χ0) is 17.6. The maximum atomic E-state index is 12.5. The minimum atomic E-state index is -0.185. The fraction of sp³-hybridized carbons (Fsp3) is 0.167. The van der Waals surface area contributed by atoms with Gasteiger partial charge in [-0.1, -0.05) is 66.3 Å². The molecule has 7 heteroatoms. The Kier molecular flexibility index (Phi) is 6.07. The highest BCUT2D eigenvalue weighted by Crippen LogP contribution is 2.32. The van der Waals surface area contributed by atoms with Crippen molar-refractivity contribution in [3.8, 4) is 10.6 Å². The molecular formula is C18H16ClN3OS2. The molecule has 1 amide bonds. The van der Waals surface area contributed by atoms with E-state index in [1.165, 1.54) is 11.3 Å². The van der Waals surface area contributed by atoms with Crippen LogP contribution in [0.25, 0.3) is 10.6 Å². The van der Waals surface area contributed by atoms with Crippen LogP contribution in [0, 0.1) is 0 Å². The highest BCUT2D eigenvalue weighted by atomic mass is 35.5. The van der Waals surface area contributed by atoms with Crippen molar-refractivity contribution in [3.63, 3.8) is 0 Å². The molecule has 25 heavy (non-hydrogen) atoms. The van der Waals surface area contributed by atoms with Gasteiger partial charge in [0.25, 0.3) is 0 Å². The second-order valence-corrected chi connectivity index (χ2v) is 7.87. The molecule has 0 aliphatic heterocycles. The molecule has 3 rings (SSSR count). The van der Waals surface area contributed by atoms with Crippen molar-refractivity contribution < 1.29 is 4.79 Å². The Balaban J connectivity index is 1.69. The van der Waals surface area contributed by atoms with Gasteiger partial charge in [-0.15, -0.1) is 22.0 Å². The largest absolute Gasteiger partial charge is 0.300 e. The van der Waals surface area contributed by atoms with E-state index in [0.717, 1.165) is 16.9 Å². The molecule has 1 unspecified atom stereocenters. The van der Waals surface area contributed by atoms with Crippen molar-refractivity contribution in [2.75, 3.05) is 5.32 Å². The van der Waals surface area contributed by atoms with Gasteiger partial charge in [0.15, 0.2) is 5.01 Å². The number of nitrogens with one attached hydrogen (secondary N) is 1. The van der Waals surface area contributed by atoms with Gasteiger partial charge in [-0.2, -0.15) is 0 Å². The molecule has 0 bridgehead atoms. The van der Waals surface area contributed by atoms with E-state index in [-0.39, 0.29) is 11.2 Å². The van der Waals surface area contributed by atoms with E-state index in [1.807, 2.05) is 55.5 Å². The third-order valence-electron chi connectivity index (χ3n) is 3.44. The Morgan fingerprint density at radius 2 is 1.88 bits per heavy atom. The predicted octanol–water partition coefficient (Wildman–Crippen LogP) is 5.37. The Labute approximate surface area is 159 Å². The quantitative estimate of drug-likeness (QED) is 0.576. The lowest BCUT2D eigenvalue weighted by molar-refractivity contribution is -0.115. The average molecular weight is 390 g/mol. The van der Waals surface area contributed by atoms with Crippen molar-refractivity contribution in [2.24, 2.45) is 0 Å². The first-order valence-electron chi connectivity index (χ1n) is 7.78. The number of hydrogen-bond donors (Lipinski definition) is 1. The number of halogens is 1. The van der Waals surface area contributed by atoms with Gasteiger partial charge >= 0.3 is 0 Å². The van der Waals surface area contributed by atoms with Crippen LogP contribution < -0.4 is 5.32 Å². The summed E-state index contributed by atoms with van der Waals surface area (Å²) in [7, 11) is 0. The second-order valence-electron chi connectivity index (χ2n) is 5.21. The van der Waals surface area contributed by atoms with E-state index in [9.17, 15) is 4.79 Å². The molecule has 0 fully saturated rings. The number of nitrogens with zero attached hydrogens (tertiary/aromatic N) is 2. The molecule has 0 saturated heterocycles. The molecule has 2 aromatic carbocycles. The average Bonchev–Trinajstić information content (AvgIpc) is 3.09. The molecule has 0 radical (unpaired) electrons. The van der Waals surface area contributed by atoms with Crippen LogP contribution in [0.2, 0.25) is 5.02 Å².